The highest BCUT2D eigenvalue weighted by Gasteiger charge is 2.32. The van der Waals surface area contributed by atoms with Crippen LogP contribution in [0.2, 0.25) is 0 Å². The van der Waals surface area contributed by atoms with Gasteiger partial charge in [0.15, 0.2) is 0 Å². The summed E-state index contributed by atoms with van der Waals surface area (Å²) in [5.41, 5.74) is 1.74. The van der Waals surface area contributed by atoms with Crippen LogP contribution < -0.4 is 10.1 Å². The Morgan fingerprint density at radius 1 is 1.14 bits per heavy atom. The van der Waals surface area contributed by atoms with Crippen LogP contribution in [0.4, 0.5) is 4.79 Å². The first-order valence-electron chi connectivity index (χ1n) is 12.3. The Kier molecular flexibility index (Phi) is 9.14. The van der Waals surface area contributed by atoms with Crippen LogP contribution in [0.25, 0.3) is 5.69 Å². The number of likely N-dealkylation sites (tertiary alicyclic amines) is 1. The van der Waals surface area contributed by atoms with Gasteiger partial charge < -0.3 is 24.4 Å². The van der Waals surface area contributed by atoms with Crippen LogP contribution in [0.5, 0.6) is 5.75 Å². The summed E-state index contributed by atoms with van der Waals surface area (Å²) in [5, 5.41) is 7.58. The number of methoxy groups -OCH3 is 1. The maximum absolute atomic E-state index is 13.1. The normalized spacial score (nSPS) is 14.6. The van der Waals surface area contributed by atoms with Crippen LogP contribution in [-0.2, 0) is 9.47 Å². The molecule has 1 N–H and O–H groups in total. The Morgan fingerprint density at radius 3 is 2.43 bits per heavy atom. The zero-order valence-corrected chi connectivity index (χ0v) is 21.5. The molecule has 1 fully saturated rings. The Labute approximate surface area is 207 Å². The number of benzene rings is 1. The van der Waals surface area contributed by atoms with Gasteiger partial charge in [0.25, 0.3) is 5.91 Å². The molecule has 2 heterocycles. The molecule has 0 saturated carbocycles. The number of piperidine rings is 1. The Balaban J connectivity index is 1.80. The third kappa shape index (κ3) is 7.21. The highest BCUT2D eigenvalue weighted by molar-refractivity contribution is 5.95. The molecule has 1 aliphatic rings. The zero-order chi connectivity index (χ0) is 25.4. The van der Waals surface area contributed by atoms with E-state index in [2.05, 4.69) is 10.4 Å². The van der Waals surface area contributed by atoms with E-state index in [1.807, 2.05) is 56.6 Å². The van der Waals surface area contributed by atoms with Crippen molar-refractivity contribution >= 4 is 12.0 Å². The molecular weight excluding hydrogens is 448 g/mol. The van der Waals surface area contributed by atoms with Crippen LogP contribution >= 0.6 is 0 Å². The van der Waals surface area contributed by atoms with Gasteiger partial charge >= 0.3 is 6.09 Å². The molecule has 0 atom stereocenters. The van der Waals surface area contributed by atoms with Crippen LogP contribution in [0.3, 0.4) is 0 Å². The second kappa shape index (κ2) is 12.1. The molecule has 2 amide bonds. The summed E-state index contributed by atoms with van der Waals surface area (Å²) in [7, 11) is 1.63. The summed E-state index contributed by atoms with van der Waals surface area (Å²) in [6.07, 6.45) is 3.51. The number of rotatable bonds is 9. The summed E-state index contributed by atoms with van der Waals surface area (Å²) in [6.45, 7) is 10.5. The predicted octanol–water partition coefficient (Wildman–Crippen LogP) is 4.15. The van der Waals surface area contributed by atoms with Gasteiger partial charge in [-0.05, 0) is 71.2 Å². The molecule has 0 unspecified atom stereocenters. The average Bonchev–Trinajstić information content (AvgIpc) is 3.28. The lowest BCUT2D eigenvalue weighted by molar-refractivity contribution is 0.0203. The van der Waals surface area contributed by atoms with E-state index in [1.165, 1.54) is 0 Å². The number of nitrogens with one attached hydrogen (secondary N) is 1. The number of hydrogen-bond donors (Lipinski definition) is 1. The number of amides is 2. The molecule has 0 radical (unpaired) electrons. The summed E-state index contributed by atoms with van der Waals surface area (Å²) in [4.78, 5) is 27.4. The number of nitrogens with zero attached hydrogens (tertiary/aromatic N) is 3. The van der Waals surface area contributed by atoms with Crippen molar-refractivity contribution in [1.82, 2.24) is 20.0 Å². The molecule has 35 heavy (non-hydrogen) atoms. The summed E-state index contributed by atoms with van der Waals surface area (Å²) in [5.74, 6) is 0.675. The molecule has 1 aliphatic heterocycles. The molecule has 1 aromatic carbocycles. The van der Waals surface area contributed by atoms with E-state index in [4.69, 9.17) is 14.2 Å². The highest BCUT2D eigenvalue weighted by Crippen LogP contribution is 2.33. The van der Waals surface area contributed by atoms with Gasteiger partial charge in [-0.15, -0.1) is 0 Å². The minimum Gasteiger partial charge on any atom is -0.497 e. The number of hydrogen-bond acceptors (Lipinski definition) is 6. The van der Waals surface area contributed by atoms with Gasteiger partial charge in [-0.3, -0.25) is 4.79 Å². The maximum Gasteiger partial charge on any atom is 0.410 e. The Bertz CT molecular complexity index is 973. The number of ether oxygens (including phenoxy) is 3. The van der Waals surface area contributed by atoms with Crippen molar-refractivity contribution in [3.8, 4) is 11.4 Å². The fraction of sp³-hybridized carbons (Fsp3) is 0.577. The zero-order valence-electron chi connectivity index (χ0n) is 21.5. The monoisotopic (exact) mass is 486 g/mol. The fourth-order valence-corrected chi connectivity index (χ4v) is 4.13. The SMILES string of the molecule is CCOCCCNC(=O)c1cnn(-c2ccc(OC)cc2)c1C1CCN(C(=O)OC(C)(C)C)CC1. The van der Waals surface area contributed by atoms with Crippen molar-refractivity contribution in [2.45, 2.75) is 58.5 Å². The van der Waals surface area contributed by atoms with Crippen molar-refractivity contribution < 1.29 is 23.8 Å². The Morgan fingerprint density at radius 2 is 1.83 bits per heavy atom. The lowest BCUT2D eigenvalue weighted by atomic mass is 9.91. The lowest BCUT2D eigenvalue weighted by Crippen LogP contribution is -2.41. The first-order chi connectivity index (χ1) is 16.7. The smallest absolute Gasteiger partial charge is 0.410 e. The van der Waals surface area contributed by atoms with E-state index >= 15 is 0 Å². The van der Waals surface area contributed by atoms with Crippen molar-refractivity contribution in [3.63, 3.8) is 0 Å². The average molecular weight is 487 g/mol. The van der Waals surface area contributed by atoms with E-state index in [1.54, 1.807) is 18.2 Å². The van der Waals surface area contributed by atoms with Crippen molar-refractivity contribution in [3.05, 3.63) is 41.7 Å². The van der Waals surface area contributed by atoms with Crippen LogP contribution in [0.1, 0.15) is 68.9 Å². The molecule has 1 aromatic heterocycles. The summed E-state index contributed by atoms with van der Waals surface area (Å²) >= 11 is 0. The van der Waals surface area contributed by atoms with E-state index in [9.17, 15) is 9.59 Å². The van der Waals surface area contributed by atoms with Gasteiger partial charge in [-0.25, -0.2) is 9.48 Å². The van der Waals surface area contributed by atoms with Gasteiger partial charge in [0.2, 0.25) is 0 Å². The van der Waals surface area contributed by atoms with Crippen molar-refractivity contribution in [2.75, 3.05) is 40.0 Å². The number of carbonyl (C=O) groups excluding carboxylic acids is 2. The first kappa shape index (κ1) is 26.5. The van der Waals surface area contributed by atoms with Crippen LogP contribution in [0.15, 0.2) is 30.5 Å². The van der Waals surface area contributed by atoms with Gasteiger partial charge in [0.05, 0.1) is 30.3 Å². The van der Waals surface area contributed by atoms with E-state index in [-0.39, 0.29) is 17.9 Å². The van der Waals surface area contributed by atoms with E-state index in [0.717, 1.165) is 23.6 Å². The van der Waals surface area contributed by atoms with Gasteiger partial charge in [0, 0.05) is 38.8 Å². The molecule has 192 valence electrons. The topological polar surface area (TPSA) is 94.9 Å². The Hall–Kier alpha value is -3.07. The minimum absolute atomic E-state index is 0.0717. The summed E-state index contributed by atoms with van der Waals surface area (Å²) < 4.78 is 18.0. The van der Waals surface area contributed by atoms with Crippen molar-refractivity contribution in [2.24, 2.45) is 0 Å². The molecule has 0 aliphatic carbocycles. The van der Waals surface area contributed by atoms with Crippen molar-refractivity contribution in [1.29, 1.82) is 0 Å². The molecule has 0 bridgehead atoms. The number of aromatic nitrogens is 2. The second-order valence-corrected chi connectivity index (χ2v) is 9.60. The second-order valence-electron chi connectivity index (χ2n) is 9.60. The molecule has 3 rings (SSSR count). The minimum atomic E-state index is -0.533. The molecular formula is C26H38N4O5. The van der Waals surface area contributed by atoms with Gasteiger partial charge in [-0.2, -0.15) is 5.10 Å². The molecule has 9 heteroatoms. The van der Waals surface area contributed by atoms with E-state index in [0.29, 0.717) is 51.3 Å². The predicted molar refractivity (Wildman–Crippen MR) is 133 cm³/mol. The third-order valence-electron chi connectivity index (χ3n) is 5.86. The standard InChI is InChI=1S/C26H38N4O5/c1-6-34-17-7-14-27-24(31)22-18-28-30(20-8-10-21(33-5)11-9-20)23(22)19-12-15-29(16-13-19)25(32)35-26(2,3)4/h8-11,18-19H,6-7,12-17H2,1-5H3,(H,27,31). The van der Waals surface area contributed by atoms with Crippen LogP contribution in [0, 0.1) is 0 Å². The molecule has 2 aromatic rings. The molecule has 0 spiro atoms. The van der Waals surface area contributed by atoms with E-state index < -0.39 is 5.60 Å². The fourth-order valence-electron chi connectivity index (χ4n) is 4.13. The maximum atomic E-state index is 13.1. The van der Waals surface area contributed by atoms with Gasteiger partial charge in [-0.1, -0.05) is 0 Å². The lowest BCUT2D eigenvalue weighted by Gasteiger charge is -2.34. The molecule has 1 saturated heterocycles. The highest BCUT2D eigenvalue weighted by atomic mass is 16.6. The quantitative estimate of drug-likeness (QED) is 0.535. The number of carbonyl (C=O) groups is 2. The largest absolute Gasteiger partial charge is 0.497 e. The third-order valence-corrected chi connectivity index (χ3v) is 5.86. The van der Waals surface area contributed by atoms with Gasteiger partial charge in [0.1, 0.15) is 11.4 Å². The van der Waals surface area contributed by atoms with Crippen LogP contribution in [-0.4, -0.2) is 72.2 Å². The summed E-state index contributed by atoms with van der Waals surface area (Å²) in [6, 6.07) is 7.60. The molecule has 9 nitrogen and oxygen atoms in total. The first-order valence-corrected chi connectivity index (χ1v) is 12.3.